The summed E-state index contributed by atoms with van der Waals surface area (Å²) in [6.07, 6.45) is 1.41. The summed E-state index contributed by atoms with van der Waals surface area (Å²) in [5, 5.41) is 5.25. The van der Waals surface area contributed by atoms with E-state index < -0.39 is 17.4 Å². The second-order valence-electron chi connectivity index (χ2n) is 7.64. The first-order valence-corrected chi connectivity index (χ1v) is 10.5. The summed E-state index contributed by atoms with van der Waals surface area (Å²) in [5.74, 6) is -0.970. The van der Waals surface area contributed by atoms with Crippen molar-refractivity contribution in [1.29, 1.82) is 0 Å². The second-order valence-corrected chi connectivity index (χ2v) is 7.64. The standard InChI is InChI=1S/C23H26FN7O3/c1-14-8-9-17(16(3)28-14)11-25-20(32)13-31-15(2)10-26-21(22(31)33)29-30-23(34)27-12-18-6-4-5-7-19(18)24/h4-10H,11-13H2,1-3H3,(H,25,32)(H,26,29)(H2,27,30,34). The number of halogens is 1. The van der Waals surface area contributed by atoms with Crippen LogP contribution in [0.3, 0.4) is 0 Å². The van der Waals surface area contributed by atoms with E-state index in [-0.39, 0.29) is 31.4 Å². The van der Waals surface area contributed by atoms with Crippen molar-refractivity contribution < 1.29 is 14.0 Å². The molecule has 11 heteroatoms. The van der Waals surface area contributed by atoms with Crippen LogP contribution in [0.1, 0.15) is 28.2 Å². The summed E-state index contributed by atoms with van der Waals surface area (Å²) in [4.78, 5) is 45.5. The molecule has 178 valence electrons. The lowest BCUT2D eigenvalue weighted by Crippen LogP contribution is -2.42. The molecule has 0 radical (unpaired) electrons. The van der Waals surface area contributed by atoms with Crippen LogP contribution in [-0.2, 0) is 24.4 Å². The van der Waals surface area contributed by atoms with E-state index in [4.69, 9.17) is 0 Å². The molecule has 0 aliphatic heterocycles. The molecule has 2 heterocycles. The zero-order chi connectivity index (χ0) is 24.7. The van der Waals surface area contributed by atoms with Crippen molar-refractivity contribution in [3.8, 4) is 0 Å². The zero-order valence-corrected chi connectivity index (χ0v) is 19.1. The highest BCUT2D eigenvalue weighted by Crippen LogP contribution is 2.07. The molecule has 0 bridgehead atoms. The van der Waals surface area contributed by atoms with Crippen LogP contribution in [0.5, 0.6) is 0 Å². The molecule has 1 aromatic carbocycles. The van der Waals surface area contributed by atoms with E-state index in [1.165, 1.54) is 16.8 Å². The van der Waals surface area contributed by atoms with Gasteiger partial charge in [0.25, 0.3) is 5.56 Å². The fourth-order valence-corrected chi connectivity index (χ4v) is 3.13. The van der Waals surface area contributed by atoms with Crippen molar-refractivity contribution in [2.45, 2.75) is 40.4 Å². The first-order chi connectivity index (χ1) is 16.2. The van der Waals surface area contributed by atoms with Gasteiger partial charge in [-0.1, -0.05) is 24.3 Å². The highest BCUT2D eigenvalue weighted by molar-refractivity contribution is 5.76. The number of carbonyl (C=O) groups excluding carboxylic acids is 2. The maximum Gasteiger partial charge on any atom is 0.333 e. The number of anilines is 1. The second kappa shape index (κ2) is 11.0. The molecular formula is C23H26FN7O3. The molecule has 10 nitrogen and oxygen atoms in total. The highest BCUT2D eigenvalue weighted by atomic mass is 19.1. The Morgan fingerprint density at radius 3 is 2.47 bits per heavy atom. The van der Waals surface area contributed by atoms with Gasteiger partial charge in [-0.3, -0.25) is 30.0 Å². The van der Waals surface area contributed by atoms with Gasteiger partial charge in [0.1, 0.15) is 12.4 Å². The van der Waals surface area contributed by atoms with Crippen LogP contribution in [0, 0.1) is 26.6 Å². The Morgan fingerprint density at radius 2 is 1.74 bits per heavy atom. The zero-order valence-electron chi connectivity index (χ0n) is 19.1. The molecule has 4 N–H and O–H groups in total. The number of aryl methyl sites for hydroxylation is 3. The van der Waals surface area contributed by atoms with Gasteiger partial charge in [0.05, 0.1) is 0 Å². The average Bonchev–Trinajstić information content (AvgIpc) is 2.80. The molecule has 34 heavy (non-hydrogen) atoms. The third-order valence-corrected chi connectivity index (χ3v) is 5.06. The third kappa shape index (κ3) is 6.37. The van der Waals surface area contributed by atoms with Crippen LogP contribution in [0.25, 0.3) is 0 Å². The van der Waals surface area contributed by atoms with Crippen LogP contribution in [-0.4, -0.2) is 26.5 Å². The number of nitrogens with one attached hydrogen (secondary N) is 4. The number of hydrogen-bond acceptors (Lipinski definition) is 6. The number of hydrazine groups is 1. The minimum atomic E-state index is -0.684. The summed E-state index contributed by atoms with van der Waals surface area (Å²) < 4.78 is 14.9. The highest BCUT2D eigenvalue weighted by Gasteiger charge is 2.13. The van der Waals surface area contributed by atoms with E-state index in [9.17, 15) is 18.8 Å². The van der Waals surface area contributed by atoms with Gasteiger partial charge in [-0.05, 0) is 38.5 Å². The molecule has 0 atom stereocenters. The van der Waals surface area contributed by atoms with E-state index in [0.717, 1.165) is 17.0 Å². The van der Waals surface area contributed by atoms with Crippen molar-refractivity contribution in [3.63, 3.8) is 0 Å². The number of nitrogens with zero attached hydrogens (tertiary/aromatic N) is 3. The predicted octanol–water partition coefficient (Wildman–Crippen LogP) is 1.85. The van der Waals surface area contributed by atoms with Crippen LogP contribution in [0.4, 0.5) is 15.0 Å². The van der Waals surface area contributed by atoms with E-state index in [1.807, 2.05) is 26.0 Å². The number of pyridine rings is 1. The van der Waals surface area contributed by atoms with E-state index in [1.54, 1.807) is 25.1 Å². The molecule has 0 fully saturated rings. The molecule has 0 aliphatic rings. The molecule has 2 aromatic heterocycles. The number of hydrogen-bond donors (Lipinski definition) is 4. The fraction of sp³-hybridized carbons (Fsp3) is 0.261. The van der Waals surface area contributed by atoms with Crippen LogP contribution in [0.2, 0.25) is 0 Å². The molecular weight excluding hydrogens is 441 g/mol. The monoisotopic (exact) mass is 467 g/mol. The Hall–Kier alpha value is -4.28. The van der Waals surface area contributed by atoms with Crippen molar-refractivity contribution in [2.75, 3.05) is 5.43 Å². The molecule has 0 unspecified atom stereocenters. The smallest absolute Gasteiger partial charge is 0.333 e. The summed E-state index contributed by atoms with van der Waals surface area (Å²) in [6, 6.07) is 9.12. The Labute approximate surface area is 195 Å². The van der Waals surface area contributed by atoms with Crippen LogP contribution >= 0.6 is 0 Å². The van der Waals surface area contributed by atoms with Crippen molar-refractivity contribution >= 4 is 17.8 Å². The van der Waals surface area contributed by atoms with Gasteiger partial charge in [-0.25, -0.2) is 14.2 Å². The Balaban J connectivity index is 1.57. The molecule has 3 aromatic rings. The van der Waals surface area contributed by atoms with Crippen molar-refractivity contribution in [3.05, 3.63) is 87.0 Å². The minimum absolute atomic E-state index is 0.0398. The quantitative estimate of drug-likeness (QED) is 0.374. The van der Waals surface area contributed by atoms with Gasteiger partial charge in [-0.2, -0.15) is 0 Å². The van der Waals surface area contributed by atoms with Crippen LogP contribution in [0.15, 0.2) is 47.4 Å². The normalized spacial score (nSPS) is 10.5. The van der Waals surface area contributed by atoms with Gasteiger partial charge in [0, 0.05) is 41.9 Å². The van der Waals surface area contributed by atoms with Gasteiger partial charge >= 0.3 is 6.03 Å². The Bertz CT molecular complexity index is 1260. The minimum Gasteiger partial charge on any atom is -0.350 e. The molecule has 0 saturated carbocycles. The predicted molar refractivity (Wildman–Crippen MR) is 124 cm³/mol. The SMILES string of the molecule is Cc1ccc(CNC(=O)Cn2c(C)cnc(NNC(=O)NCc3ccccc3F)c2=O)c(C)n1. The van der Waals surface area contributed by atoms with E-state index in [2.05, 4.69) is 31.5 Å². The lowest BCUT2D eigenvalue weighted by atomic mass is 10.2. The van der Waals surface area contributed by atoms with Gasteiger partial charge in [0.2, 0.25) is 11.7 Å². The summed E-state index contributed by atoms with van der Waals surface area (Å²) in [7, 11) is 0. The average molecular weight is 468 g/mol. The van der Waals surface area contributed by atoms with Gasteiger partial charge in [-0.15, -0.1) is 0 Å². The lowest BCUT2D eigenvalue weighted by molar-refractivity contribution is -0.121. The maximum absolute atomic E-state index is 13.6. The third-order valence-electron chi connectivity index (χ3n) is 5.06. The molecule has 3 rings (SSSR count). The van der Waals surface area contributed by atoms with E-state index in [0.29, 0.717) is 11.3 Å². The topological polar surface area (TPSA) is 130 Å². The lowest BCUT2D eigenvalue weighted by Gasteiger charge is -2.14. The van der Waals surface area contributed by atoms with Gasteiger partial charge in [0.15, 0.2) is 0 Å². The van der Waals surface area contributed by atoms with E-state index >= 15 is 0 Å². The molecule has 0 aliphatic carbocycles. The van der Waals surface area contributed by atoms with Crippen LogP contribution < -0.4 is 27.0 Å². The summed E-state index contributed by atoms with van der Waals surface area (Å²) >= 11 is 0. The molecule has 3 amide bonds. The summed E-state index contributed by atoms with van der Waals surface area (Å²) in [5.41, 5.74) is 7.51. The van der Waals surface area contributed by atoms with Crippen molar-refractivity contribution in [1.82, 2.24) is 30.6 Å². The molecule has 0 spiro atoms. The first-order valence-electron chi connectivity index (χ1n) is 10.5. The summed E-state index contributed by atoms with van der Waals surface area (Å²) in [6.45, 7) is 5.42. The number of amides is 3. The maximum atomic E-state index is 13.6. The number of benzene rings is 1. The number of urea groups is 1. The number of aromatic nitrogens is 3. The molecule has 0 saturated heterocycles. The Morgan fingerprint density at radius 1 is 1.00 bits per heavy atom. The van der Waals surface area contributed by atoms with Gasteiger partial charge < -0.3 is 10.6 Å². The van der Waals surface area contributed by atoms with Crippen molar-refractivity contribution in [2.24, 2.45) is 0 Å². The first kappa shape index (κ1) is 24.4. The number of carbonyl (C=O) groups is 2. The Kier molecular flexibility index (Phi) is 7.91. The number of rotatable bonds is 8. The fourth-order valence-electron chi connectivity index (χ4n) is 3.13. The largest absolute Gasteiger partial charge is 0.350 e.